The number of hydrogen-bond donors (Lipinski definition) is 0. The molecule has 8 heteroatoms. The number of anilines is 1. The molecule has 0 fully saturated rings. The van der Waals surface area contributed by atoms with Crippen LogP contribution in [0.15, 0.2) is 101 Å². The average Bonchev–Trinajstić information content (AvgIpc) is 3.41. The van der Waals surface area contributed by atoms with Crippen LogP contribution in [0.5, 0.6) is 0 Å². The first kappa shape index (κ1) is 17.5. The molecule has 0 spiro atoms. The van der Waals surface area contributed by atoms with Crippen LogP contribution in [-0.2, 0) is 0 Å². The van der Waals surface area contributed by atoms with Gasteiger partial charge in [-0.3, -0.25) is 4.98 Å². The van der Waals surface area contributed by atoms with Crippen molar-refractivity contribution in [2.24, 2.45) is 15.4 Å². The fraction of sp³-hybridized carbons (Fsp3) is 0.0870. The molecule has 0 saturated heterocycles. The monoisotopic (exact) mass is 406 g/mol. The van der Waals surface area contributed by atoms with Gasteiger partial charge >= 0.3 is 0 Å². The SMILES string of the molecule is Cc1nn(-c2ccccc2)c2c1[C@@H](c1cccnc1)N1N=NN(c3ccccc3)C1=N2. The number of aryl methyl sites for hydroxylation is 1. The van der Waals surface area contributed by atoms with Crippen molar-refractivity contribution in [3.8, 4) is 5.69 Å². The van der Waals surface area contributed by atoms with E-state index >= 15 is 0 Å². The van der Waals surface area contributed by atoms with Crippen LogP contribution in [0.2, 0.25) is 0 Å². The molecule has 4 heterocycles. The minimum Gasteiger partial charge on any atom is -0.264 e. The number of aliphatic imine (C=N–C) groups is 1. The van der Waals surface area contributed by atoms with E-state index < -0.39 is 0 Å². The zero-order valence-corrected chi connectivity index (χ0v) is 16.7. The molecule has 0 unspecified atom stereocenters. The van der Waals surface area contributed by atoms with E-state index in [9.17, 15) is 0 Å². The second kappa shape index (κ2) is 6.88. The van der Waals surface area contributed by atoms with E-state index in [1.807, 2.05) is 95.6 Å². The third-order valence-electron chi connectivity index (χ3n) is 5.43. The highest BCUT2D eigenvalue weighted by Crippen LogP contribution is 2.44. The predicted molar refractivity (Wildman–Crippen MR) is 117 cm³/mol. The molecule has 2 aliphatic heterocycles. The van der Waals surface area contributed by atoms with Crippen molar-refractivity contribution in [3.05, 3.63) is 102 Å². The van der Waals surface area contributed by atoms with Crippen molar-refractivity contribution in [3.63, 3.8) is 0 Å². The average molecular weight is 406 g/mol. The van der Waals surface area contributed by atoms with Crippen LogP contribution in [-0.4, -0.2) is 25.7 Å². The van der Waals surface area contributed by atoms with E-state index in [-0.39, 0.29) is 6.04 Å². The van der Waals surface area contributed by atoms with E-state index in [1.54, 1.807) is 11.2 Å². The minimum absolute atomic E-state index is 0.230. The van der Waals surface area contributed by atoms with Crippen LogP contribution in [0.3, 0.4) is 0 Å². The highest BCUT2D eigenvalue weighted by atomic mass is 15.8. The molecule has 2 aromatic heterocycles. The maximum Gasteiger partial charge on any atom is 0.253 e. The van der Waals surface area contributed by atoms with Gasteiger partial charge in [0.05, 0.1) is 17.1 Å². The Labute approximate surface area is 178 Å². The molecule has 0 bridgehead atoms. The third-order valence-corrected chi connectivity index (χ3v) is 5.43. The summed E-state index contributed by atoms with van der Waals surface area (Å²) in [6.45, 7) is 2.00. The summed E-state index contributed by atoms with van der Waals surface area (Å²) in [5.41, 5.74) is 4.73. The van der Waals surface area contributed by atoms with Gasteiger partial charge in [-0.15, -0.1) is 0 Å². The number of nitrogens with zero attached hydrogens (tertiary/aromatic N) is 8. The lowest BCUT2D eigenvalue weighted by Crippen LogP contribution is -2.38. The fourth-order valence-electron chi connectivity index (χ4n) is 4.03. The number of para-hydroxylation sites is 2. The Hall–Kier alpha value is -4.33. The summed E-state index contributed by atoms with van der Waals surface area (Å²) in [6, 6.07) is 23.7. The van der Waals surface area contributed by atoms with Gasteiger partial charge in [-0.1, -0.05) is 42.5 Å². The predicted octanol–water partition coefficient (Wildman–Crippen LogP) is 4.77. The lowest BCUT2D eigenvalue weighted by molar-refractivity contribution is 0.364. The lowest BCUT2D eigenvalue weighted by Gasteiger charge is -2.30. The van der Waals surface area contributed by atoms with Crippen LogP contribution in [0.1, 0.15) is 22.9 Å². The molecular weight excluding hydrogens is 388 g/mol. The second-order valence-corrected chi connectivity index (χ2v) is 7.34. The topological polar surface area (TPSA) is 74.3 Å². The van der Waals surface area contributed by atoms with Gasteiger partial charge in [-0.2, -0.15) is 20.1 Å². The summed E-state index contributed by atoms with van der Waals surface area (Å²) in [5, 5.41) is 17.3. The summed E-state index contributed by atoms with van der Waals surface area (Å²) in [7, 11) is 0. The van der Waals surface area contributed by atoms with Gasteiger partial charge in [0.25, 0.3) is 5.96 Å². The Morgan fingerprint density at radius 1 is 0.806 bits per heavy atom. The van der Waals surface area contributed by atoms with Gasteiger partial charge in [0, 0.05) is 18.0 Å². The number of pyridine rings is 1. The zero-order chi connectivity index (χ0) is 20.8. The second-order valence-electron chi connectivity index (χ2n) is 7.34. The molecule has 8 nitrogen and oxygen atoms in total. The van der Waals surface area contributed by atoms with Crippen LogP contribution in [0.25, 0.3) is 5.69 Å². The van der Waals surface area contributed by atoms with Gasteiger partial charge in [0.15, 0.2) is 5.82 Å². The van der Waals surface area contributed by atoms with Crippen molar-refractivity contribution in [2.45, 2.75) is 13.0 Å². The maximum absolute atomic E-state index is 5.00. The number of guanidine groups is 1. The zero-order valence-electron chi connectivity index (χ0n) is 16.7. The van der Waals surface area contributed by atoms with E-state index in [4.69, 9.17) is 10.1 Å². The van der Waals surface area contributed by atoms with Crippen LogP contribution in [0.4, 0.5) is 11.5 Å². The number of fused-ring (bicyclic) bond motifs is 2. The molecule has 0 aliphatic carbocycles. The summed E-state index contributed by atoms with van der Waals surface area (Å²) < 4.78 is 1.89. The van der Waals surface area contributed by atoms with Crippen molar-refractivity contribution >= 4 is 17.5 Å². The third kappa shape index (κ3) is 2.72. The van der Waals surface area contributed by atoms with Crippen LogP contribution < -0.4 is 5.01 Å². The number of aromatic nitrogens is 3. The Morgan fingerprint density at radius 3 is 2.26 bits per heavy atom. The van der Waals surface area contributed by atoms with Gasteiger partial charge in [0.2, 0.25) is 0 Å². The molecule has 1 atom stereocenters. The van der Waals surface area contributed by atoms with Crippen molar-refractivity contribution in [2.75, 3.05) is 5.01 Å². The first-order valence-corrected chi connectivity index (χ1v) is 10.0. The highest BCUT2D eigenvalue weighted by molar-refractivity contribution is 5.99. The van der Waals surface area contributed by atoms with Crippen molar-refractivity contribution < 1.29 is 0 Å². The normalized spacial score (nSPS) is 16.8. The largest absolute Gasteiger partial charge is 0.264 e. The smallest absolute Gasteiger partial charge is 0.253 e. The summed E-state index contributed by atoms with van der Waals surface area (Å²) in [5.74, 6) is 1.40. The molecule has 0 amide bonds. The number of benzene rings is 2. The first-order valence-electron chi connectivity index (χ1n) is 10.0. The van der Waals surface area contributed by atoms with Crippen molar-refractivity contribution in [1.29, 1.82) is 0 Å². The first-order chi connectivity index (χ1) is 15.3. The van der Waals surface area contributed by atoms with E-state index in [1.165, 1.54) is 0 Å². The lowest BCUT2D eigenvalue weighted by atomic mass is 9.98. The van der Waals surface area contributed by atoms with Gasteiger partial charge in [0.1, 0.15) is 6.04 Å². The molecule has 0 N–H and O–H groups in total. The number of rotatable bonds is 3. The summed E-state index contributed by atoms with van der Waals surface area (Å²) in [6.07, 6.45) is 3.63. The maximum atomic E-state index is 5.00. The van der Waals surface area contributed by atoms with E-state index in [0.717, 1.165) is 34.0 Å². The summed E-state index contributed by atoms with van der Waals surface area (Å²) in [4.78, 5) is 9.34. The van der Waals surface area contributed by atoms with Crippen LogP contribution in [0, 0.1) is 6.92 Å². The fourth-order valence-corrected chi connectivity index (χ4v) is 4.03. The van der Waals surface area contributed by atoms with E-state index in [2.05, 4.69) is 15.4 Å². The molecular formula is C23H18N8. The standard InChI is InChI=1S/C23H18N8/c1-16-20-21(17-9-8-14-24-15-17)31-23(30(27-28-31)19-12-6-3-7-13-19)25-22(20)29(26-16)18-10-4-2-5-11-18/h2-15,21H,1H3/t21-/m1/s1. The minimum atomic E-state index is -0.230. The van der Waals surface area contributed by atoms with Gasteiger partial charge in [-0.25, -0.2) is 4.68 Å². The summed E-state index contributed by atoms with van der Waals surface area (Å²) >= 11 is 0. The molecule has 2 aromatic carbocycles. The molecule has 0 radical (unpaired) electrons. The molecule has 150 valence electrons. The van der Waals surface area contributed by atoms with Crippen molar-refractivity contribution in [1.82, 2.24) is 19.8 Å². The van der Waals surface area contributed by atoms with Gasteiger partial charge in [-0.05, 0) is 53.3 Å². The molecule has 4 aromatic rings. The quantitative estimate of drug-likeness (QED) is 0.491. The molecule has 2 aliphatic rings. The Bertz CT molecular complexity index is 1300. The molecule has 0 saturated carbocycles. The van der Waals surface area contributed by atoms with E-state index in [0.29, 0.717) is 5.96 Å². The molecule has 31 heavy (non-hydrogen) atoms. The number of hydrogen-bond acceptors (Lipinski definition) is 7. The van der Waals surface area contributed by atoms with Crippen LogP contribution >= 0.6 is 0 Å². The molecule has 6 rings (SSSR count). The highest BCUT2D eigenvalue weighted by Gasteiger charge is 2.42. The Balaban J connectivity index is 1.59. The Morgan fingerprint density at radius 2 is 1.55 bits per heavy atom. The Kier molecular flexibility index (Phi) is 3.89. The van der Waals surface area contributed by atoms with Gasteiger partial charge < -0.3 is 0 Å².